The van der Waals surface area contributed by atoms with Crippen molar-refractivity contribution in [2.75, 3.05) is 6.54 Å². The van der Waals surface area contributed by atoms with Crippen molar-refractivity contribution in [3.8, 4) is 0 Å². The molecule has 0 spiro atoms. The van der Waals surface area contributed by atoms with Crippen LogP contribution in [0.1, 0.15) is 54.4 Å². The number of unbranched alkanes of at least 4 members (excludes halogenated alkanes) is 1. The number of rotatable bonds is 24. The number of nitrogens with one attached hydrogen (secondary N) is 1. The molecule has 322 valence electrons. The highest BCUT2D eigenvalue weighted by atomic mass is 16.6. The molecule has 0 radical (unpaired) electrons. The van der Waals surface area contributed by atoms with E-state index < -0.39 is 104 Å². The first-order chi connectivity index (χ1) is 29.3. The van der Waals surface area contributed by atoms with E-state index in [4.69, 9.17) is 20.9 Å². The zero-order chi connectivity index (χ0) is 44.4. The molecule has 0 bridgehead atoms. The average Bonchev–Trinajstić information content (AvgIpc) is 3.26. The third-order valence-corrected chi connectivity index (χ3v) is 10.1. The van der Waals surface area contributed by atoms with Crippen LogP contribution in [-0.4, -0.2) is 86.0 Å². The number of carbonyl (C=O) groups excluding carboxylic acids is 4. The van der Waals surface area contributed by atoms with E-state index in [2.05, 4.69) is 5.32 Å². The largest absolute Gasteiger partial charge is 0.481 e. The number of benzene rings is 4. The highest BCUT2D eigenvalue weighted by Crippen LogP contribution is 2.45. The van der Waals surface area contributed by atoms with Gasteiger partial charge in [0, 0.05) is 19.4 Å². The normalized spacial score (nSPS) is 13.1. The Morgan fingerprint density at radius 3 is 1.51 bits per heavy atom. The molecule has 4 rings (SSSR count). The van der Waals surface area contributed by atoms with E-state index in [9.17, 15) is 44.1 Å². The van der Waals surface area contributed by atoms with Gasteiger partial charge >= 0.3 is 29.8 Å². The zero-order valence-electron chi connectivity index (χ0n) is 33.4. The van der Waals surface area contributed by atoms with E-state index in [1.807, 2.05) is 0 Å². The molecule has 0 saturated heterocycles. The quantitative estimate of drug-likeness (QED) is 0.0336. The van der Waals surface area contributed by atoms with Crippen molar-refractivity contribution < 1.29 is 58.4 Å². The van der Waals surface area contributed by atoms with Crippen molar-refractivity contribution in [1.29, 1.82) is 0 Å². The van der Waals surface area contributed by atoms with Crippen LogP contribution in [-0.2, 0) is 69.2 Å². The summed E-state index contributed by atoms with van der Waals surface area (Å²) >= 11 is 0. The average molecular weight is 839 g/mol. The van der Waals surface area contributed by atoms with E-state index in [0.717, 1.165) is 0 Å². The van der Waals surface area contributed by atoms with Gasteiger partial charge in [-0.3, -0.25) is 28.8 Å². The van der Waals surface area contributed by atoms with Crippen molar-refractivity contribution in [3.63, 3.8) is 0 Å². The Morgan fingerprint density at radius 1 is 0.623 bits per heavy atom. The first-order valence-electron chi connectivity index (χ1n) is 19.5. The second-order valence-corrected chi connectivity index (χ2v) is 14.3. The number of nitrogens with zero attached hydrogens (tertiary/aromatic N) is 1. The summed E-state index contributed by atoms with van der Waals surface area (Å²) in [6.45, 7) is -1.73. The van der Waals surface area contributed by atoms with Crippen LogP contribution in [0.5, 0.6) is 0 Å². The number of amides is 2. The number of ether oxygens (including phenoxy) is 2. The predicted octanol–water partition coefficient (Wildman–Crippen LogP) is 3.45. The molecular formula is C45H50N4O12. The maximum atomic E-state index is 15.4. The summed E-state index contributed by atoms with van der Waals surface area (Å²) in [7, 11) is 0. The molecule has 0 aliphatic carbocycles. The molecule has 16 nitrogen and oxygen atoms in total. The first kappa shape index (κ1) is 46.8. The van der Waals surface area contributed by atoms with Crippen LogP contribution < -0.4 is 16.8 Å². The topological polar surface area (TPSA) is 266 Å². The fourth-order valence-corrected chi connectivity index (χ4v) is 6.91. The number of carbonyl (C=O) groups is 7. The Bertz CT molecular complexity index is 2050. The molecule has 0 fully saturated rings. The Hall–Kier alpha value is -6.91. The predicted molar refractivity (Wildman–Crippen MR) is 220 cm³/mol. The molecule has 0 unspecified atom stereocenters. The maximum absolute atomic E-state index is 15.4. The summed E-state index contributed by atoms with van der Waals surface area (Å²) in [6.07, 6.45) is -1.33. The van der Waals surface area contributed by atoms with Crippen LogP contribution >= 0.6 is 0 Å². The number of carboxylic acid groups (broad SMARTS) is 3. The van der Waals surface area contributed by atoms with Gasteiger partial charge in [0.05, 0.1) is 6.04 Å². The van der Waals surface area contributed by atoms with Gasteiger partial charge in [0.2, 0.25) is 11.8 Å². The number of hydrogen-bond donors (Lipinski definition) is 6. The van der Waals surface area contributed by atoms with Gasteiger partial charge < -0.3 is 46.5 Å². The summed E-state index contributed by atoms with van der Waals surface area (Å²) in [6, 6.07) is 27.9. The van der Waals surface area contributed by atoms with Crippen molar-refractivity contribution in [3.05, 3.63) is 144 Å². The van der Waals surface area contributed by atoms with Crippen molar-refractivity contribution in [2.45, 2.75) is 75.9 Å². The van der Waals surface area contributed by atoms with Crippen LogP contribution in [0, 0.1) is 5.41 Å². The molecule has 8 N–H and O–H groups in total. The van der Waals surface area contributed by atoms with Crippen LogP contribution in [0.2, 0.25) is 0 Å². The summed E-state index contributed by atoms with van der Waals surface area (Å²) in [5, 5.41) is 35.4. The molecule has 16 heteroatoms. The monoisotopic (exact) mass is 838 g/mol. The van der Waals surface area contributed by atoms with Crippen molar-refractivity contribution in [1.82, 2.24) is 10.2 Å². The van der Waals surface area contributed by atoms with Gasteiger partial charge in [-0.05, 0) is 48.1 Å². The second kappa shape index (κ2) is 22.5. The molecule has 2 amide bonds. The van der Waals surface area contributed by atoms with Gasteiger partial charge in [-0.25, -0.2) is 4.79 Å². The zero-order valence-corrected chi connectivity index (χ0v) is 33.4. The summed E-state index contributed by atoms with van der Waals surface area (Å²) in [4.78, 5) is 100. The van der Waals surface area contributed by atoms with Gasteiger partial charge in [0.25, 0.3) is 5.41 Å². The summed E-state index contributed by atoms with van der Waals surface area (Å²) in [5.74, 6) is -11.9. The van der Waals surface area contributed by atoms with E-state index in [0.29, 0.717) is 35.4 Å². The Balaban J connectivity index is 2.07. The minimum Gasteiger partial charge on any atom is -0.481 e. The molecule has 3 atom stereocenters. The molecule has 0 heterocycles. The van der Waals surface area contributed by atoms with Crippen molar-refractivity contribution >= 4 is 41.7 Å². The van der Waals surface area contributed by atoms with E-state index in [1.165, 1.54) is 36.4 Å². The minimum atomic E-state index is -3.91. The lowest BCUT2D eigenvalue weighted by Crippen LogP contribution is -2.76. The van der Waals surface area contributed by atoms with Gasteiger partial charge in [0.15, 0.2) is 5.54 Å². The van der Waals surface area contributed by atoms with E-state index >= 15 is 4.79 Å². The lowest BCUT2D eigenvalue weighted by Gasteiger charge is -2.48. The lowest BCUT2D eigenvalue weighted by molar-refractivity contribution is -0.205. The number of esters is 2. The SMILES string of the molecule is NCCCC[C@H](N)C(=O)N[C@@H](CCC(=O)O)C(=O)N(Cc1ccccc1)[C@](Cc1ccccc1)(C(=O)O)C(C(=O)O)(C(=O)OCc1ccccc1)C(=O)OCc1ccccc1. The highest BCUT2D eigenvalue weighted by Gasteiger charge is 2.76. The van der Waals surface area contributed by atoms with Crippen LogP contribution in [0.15, 0.2) is 121 Å². The third-order valence-electron chi connectivity index (χ3n) is 10.1. The molecule has 0 aliphatic rings. The summed E-state index contributed by atoms with van der Waals surface area (Å²) in [5.41, 5.74) is 5.29. The minimum absolute atomic E-state index is 0.0566. The van der Waals surface area contributed by atoms with Gasteiger partial charge in [-0.15, -0.1) is 0 Å². The Kier molecular flexibility index (Phi) is 17.2. The number of hydrogen-bond acceptors (Lipinski definition) is 11. The Labute approximate surface area is 352 Å². The van der Waals surface area contributed by atoms with Gasteiger partial charge in [0.1, 0.15) is 19.3 Å². The molecule has 0 aromatic heterocycles. The highest BCUT2D eigenvalue weighted by molar-refractivity contribution is 6.23. The molecule has 4 aromatic carbocycles. The smallest absolute Gasteiger partial charge is 0.338 e. The molecule has 61 heavy (non-hydrogen) atoms. The van der Waals surface area contributed by atoms with E-state index in [1.54, 1.807) is 84.9 Å². The fourth-order valence-electron chi connectivity index (χ4n) is 6.91. The van der Waals surface area contributed by atoms with E-state index in [-0.39, 0.29) is 17.5 Å². The second-order valence-electron chi connectivity index (χ2n) is 14.3. The van der Waals surface area contributed by atoms with Gasteiger partial charge in [-0.1, -0.05) is 128 Å². The van der Waals surface area contributed by atoms with Crippen LogP contribution in [0.3, 0.4) is 0 Å². The number of aliphatic carboxylic acids is 3. The van der Waals surface area contributed by atoms with Crippen molar-refractivity contribution in [2.24, 2.45) is 16.9 Å². The lowest BCUT2D eigenvalue weighted by atomic mass is 9.64. The number of carboxylic acids is 3. The molecule has 4 aromatic rings. The molecule has 0 saturated carbocycles. The summed E-state index contributed by atoms with van der Waals surface area (Å²) < 4.78 is 11.2. The van der Waals surface area contributed by atoms with Gasteiger partial charge in [-0.2, -0.15) is 0 Å². The number of nitrogens with two attached hydrogens (primary N) is 2. The molecular weight excluding hydrogens is 789 g/mol. The van der Waals surface area contributed by atoms with Crippen LogP contribution in [0.25, 0.3) is 0 Å². The van der Waals surface area contributed by atoms with Crippen LogP contribution in [0.4, 0.5) is 0 Å². The Morgan fingerprint density at radius 2 is 1.08 bits per heavy atom. The maximum Gasteiger partial charge on any atom is 0.338 e. The molecule has 0 aliphatic heterocycles. The third kappa shape index (κ3) is 11.6. The fraction of sp³-hybridized carbons (Fsp3) is 0.311. The standard InChI is InChI=1S/C45H50N4O12/c46-26-14-13-23-35(47)38(52)48-36(24-25-37(50)51)39(53)49(28-32-17-7-2-8-18-32)44(40(54)55,27-31-15-5-1-6-16-31)45(41(56)57,42(58)60-29-33-19-9-3-10-20-33)43(59)61-30-34-21-11-4-12-22-34/h1-12,15-22,35-36H,13-14,23-30,46-47H2,(H,48,52)(H,50,51)(H,54,55)(H,56,57)/t35-,36-,44+/m0/s1. The first-order valence-corrected chi connectivity index (χ1v) is 19.5.